The number of methoxy groups -OCH3 is 1. The quantitative estimate of drug-likeness (QED) is 0.810. The van der Waals surface area contributed by atoms with Gasteiger partial charge in [0, 0.05) is 44.8 Å². The van der Waals surface area contributed by atoms with E-state index in [0.29, 0.717) is 17.5 Å². The van der Waals surface area contributed by atoms with E-state index in [9.17, 15) is 4.39 Å². The van der Waals surface area contributed by atoms with E-state index >= 15 is 0 Å². The molecular formula is C20H26FN3O. The summed E-state index contributed by atoms with van der Waals surface area (Å²) >= 11 is 0. The maximum absolute atomic E-state index is 13.9. The topological polar surface area (TPSA) is 36.5 Å². The molecule has 3 rings (SSSR count). The molecule has 2 N–H and O–H groups in total. The van der Waals surface area contributed by atoms with Crippen molar-refractivity contribution in [2.45, 2.75) is 19.0 Å². The number of ether oxygens (including phenoxy) is 1. The number of benzene rings is 2. The van der Waals surface area contributed by atoms with E-state index in [2.05, 4.69) is 39.8 Å². The SMILES string of the molecule is COc1ccc(NCC[C@@H]2CN(Cc3ccccc3)CCN2)c(F)c1. The normalized spacial score (nSPS) is 18.1. The number of hydrogen-bond donors (Lipinski definition) is 2. The van der Waals surface area contributed by atoms with E-state index in [0.717, 1.165) is 39.1 Å². The molecule has 1 fully saturated rings. The van der Waals surface area contributed by atoms with Gasteiger partial charge in [-0.1, -0.05) is 30.3 Å². The minimum Gasteiger partial charge on any atom is -0.497 e. The Balaban J connectivity index is 1.45. The number of halogens is 1. The van der Waals surface area contributed by atoms with Gasteiger partial charge in [0.05, 0.1) is 12.8 Å². The highest BCUT2D eigenvalue weighted by molar-refractivity contribution is 5.47. The third kappa shape index (κ3) is 5.18. The summed E-state index contributed by atoms with van der Waals surface area (Å²) in [5.74, 6) is 0.259. The van der Waals surface area contributed by atoms with Crippen LogP contribution in [-0.4, -0.2) is 44.2 Å². The van der Waals surface area contributed by atoms with Crippen molar-refractivity contribution in [3.63, 3.8) is 0 Å². The molecule has 0 saturated carbocycles. The van der Waals surface area contributed by atoms with Crippen LogP contribution in [0.3, 0.4) is 0 Å². The van der Waals surface area contributed by atoms with Crippen molar-refractivity contribution in [2.75, 3.05) is 38.6 Å². The Labute approximate surface area is 149 Å². The van der Waals surface area contributed by atoms with E-state index in [1.54, 1.807) is 12.1 Å². The van der Waals surface area contributed by atoms with E-state index in [1.165, 1.54) is 18.7 Å². The van der Waals surface area contributed by atoms with Gasteiger partial charge in [0.25, 0.3) is 0 Å². The predicted molar refractivity (Wildman–Crippen MR) is 99.6 cm³/mol. The number of anilines is 1. The van der Waals surface area contributed by atoms with Crippen LogP contribution in [0.1, 0.15) is 12.0 Å². The predicted octanol–water partition coefficient (Wildman–Crippen LogP) is 3.11. The van der Waals surface area contributed by atoms with Gasteiger partial charge in [-0.3, -0.25) is 4.90 Å². The van der Waals surface area contributed by atoms with Crippen LogP contribution >= 0.6 is 0 Å². The molecule has 0 spiro atoms. The molecule has 5 heteroatoms. The Morgan fingerprint density at radius 1 is 1.24 bits per heavy atom. The van der Waals surface area contributed by atoms with Gasteiger partial charge < -0.3 is 15.4 Å². The van der Waals surface area contributed by atoms with Crippen LogP contribution in [-0.2, 0) is 6.54 Å². The van der Waals surface area contributed by atoms with Crippen molar-refractivity contribution in [1.82, 2.24) is 10.2 Å². The molecule has 2 aromatic carbocycles. The second-order valence-electron chi connectivity index (χ2n) is 6.43. The molecule has 0 aliphatic carbocycles. The zero-order chi connectivity index (χ0) is 17.5. The minimum absolute atomic E-state index is 0.276. The highest BCUT2D eigenvalue weighted by Crippen LogP contribution is 2.20. The number of rotatable bonds is 7. The average Bonchev–Trinajstić information content (AvgIpc) is 2.64. The number of nitrogens with zero attached hydrogens (tertiary/aromatic N) is 1. The lowest BCUT2D eigenvalue weighted by atomic mass is 10.1. The zero-order valence-corrected chi connectivity index (χ0v) is 14.7. The van der Waals surface area contributed by atoms with Crippen LogP contribution in [0.2, 0.25) is 0 Å². The first-order valence-electron chi connectivity index (χ1n) is 8.81. The highest BCUT2D eigenvalue weighted by Gasteiger charge is 2.19. The van der Waals surface area contributed by atoms with Gasteiger partial charge in [-0.05, 0) is 24.1 Å². The van der Waals surface area contributed by atoms with Crippen molar-refractivity contribution in [3.05, 3.63) is 59.9 Å². The molecule has 0 bridgehead atoms. The number of hydrogen-bond acceptors (Lipinski definition) is 4. The second-order valence-corrected chi connectivity index (χ2v) is 6.43. The van der Waals surface area contributed by atoms with Gasteiger partial charge in [0.15, 0.2) is 0 Å². The van der Waals surface area contributed by atoms with Gasteiger partial charge in [0.1, 0.15) is 11.6 Å². The fourth-order valence-corrected chi connectivity index (χ4v) is 3.22. The third-order valence-corrected chi connectivity index (χ3v) is 4.57. The highest BCUT2D eigenvalue weighted by atomic mass is 19.1. The minimum atomic E-state index is -0.276. The first-order chi connectivity index (χ1) is 12.2. The summed E-state index contributed by atoms with van der Waals surface area (Å²) in [4.78, 5) is 2.48. The van der Waals surface area contributed by atoms with E-state index < -0.39 is 0 Å². The lowest BCUT2D eigenvalue weighted by Crippen LogP contribution is -2.50. The second kappa shape index (κ2) is 8.83. The van der Waals surface area contributed by atoms with Crippen LogP contribution in [0.5, 0.6) is 5.75 Å². The Hall–Kier alpha value is -2.11. The molecule has 0 radical (unpaired) electrons. The summed E-state index contributed by atoms with van der Waals surface area (Å²) in [6.45, 7) is 4.79. The third-order valence-electron chi connectivity index (χ3n) is 4.57. The Morgan fingerprint density at radius 3 is 2.84 bits per heavy atom. The Morgan fingerprint density at radius 2 is 2.08 bits per heavy atom. The number of nitrogens with one attached hydrogen (secondary N) is 2. The first-order valence-corrected chi connectivity index (χ1v) is 8.81. The van der Waals surface area contributed by atoms with Gasteiger partial charge in [-0.2, -0.15) is 0 Å². The van der Waals surface area contributed by atoms with Gasteiger partial charge >= 0.3 is 0 Å². The van der Waals surface area contributed by atoms with Crippen molar-refractivity contribution in [2.24, 2.45) is 0 Å². The zero-order valence-electron chi connectivity index (χ0n) is 14.7. The molecule has 1 heterocycles. The maximum Gasteiger partial charge on any atom is 0.149 e. The molecule has 0 amide bonds. The molecule has 4 nitrogen and oxygen atoms in total. The molecule has 1 atom stereocenters. The van der Waals surface area contributed by atoms with Crippen LogP contribution < -0.4 is 15.4 Å². The monoisotopic (exact) mass is 343 g/mol. The molecular weight excluding hydrogens is 317 g/mol. The maximum atomic E-state index is 13.9. The lowest BCUT2D eigenvalue weighted by molar-refractivity contribution is 0.189. The summed E-state index contributed by atoms with van der Waals surface area (Å²) in [6, 6.07) is 15.9. The summed E-state index contributed by atoms with van der Waals surface area (Å²) in [5.41, 5.74) is 1.87. The molecule has 0 aromatic heterocycles. The fraction of sp³-hybridized carbons (Fsp3) is 0.400. The Bertz CT molecular complexity index is 665. The molecule has 0 unspecified atom stereocenters. The van der Waals surface area contributed by atoms with Crippen molar-refractivity contribution in [1.29, 1.82) is 0 Å². The summed E-state index contributed by atoms with van der Waals surface area (Å²) in [5, 5.41) is 6.75. The van der Waals surface area contributed by atoms with E-state index in [1.807, 2.05) is 6.07 Å². The van der Waals surface area contributed by atoms with Crippen molar-refractivity contribution < 1.29 is 9.13 Å². The fourth-order valence-electron chi connectivity index (χ4n) is 3.22. The average molecular weight is 343 g/mol. The van der Waals surface area contributed by atoms with Gasteiger partial charge in [-0.15, -0.1) is 0 Å². The molecule has 2 aromatic rings. The summed E-state index contributed by atoms with van der Waals surface area (Å²) < 4.78 is 19.0. The number of piperazine rings is 1. The Kier molecular flexibility index (Phi) is 6.25. The standard InChI is InChI=1S/C20H26FN3O/c1-25-18-7-8-20(19(21)13-18)23-10-9-17-15-24(12-11-22-17)14-16-5-3-2-4-6-16/h2-8,13,17,22-23H,9-12,14-15H2,1H3/t17-/m1/s1. The van der Waals surface area contributed by atoms with Crippen LogP contribution in [0.4, 0.5) is 10.1 Å². The summed E-state index contributed by atoms with van der Waals surface area (Å²) in [7, 11) is 1.54. The van der Waals surface area contributed by atoms with Gasteiger partial charge in [-0.25, -0.2) is 4.39 Å². The van der Waals surface area contributed by atoms with Crippen LogP contribution in [0, 0.1) is 5.82 Å². The van der Waals surface area contributed by atoms with Gasteiger partial charge in [0.2, 0.25) is 0 Å². The smallest absolute Gasteiger partial charge is 0.149 e. The van der Waals surface area contributed by atoms with E-state index in [4.69, 9.17) is 4.74 Å². The molecule has 134 valence electrons. The first kappa shape index (κ1) is 17.7. The van der Waals surface area contributed by atoms with Crippen molar-refractivity contribution in [3.8, 4) is 5.75 Å². The van der Waals surface area contributed by atoms with Crippen molar-refractivity contribution >= 4 is 5.69 Å². The largest absolute Gasteiger partial charge is 0.497 e. The van der Waals surface area contributed by atoms with Crippen LogP contribution in [0.25, 0.3) is 0 Å². The van der Waals surface area contributed by atoms with Crippen LogP contribution in [0.15, 0.2) is 48.5 Å². The molecule has 25 heavy (non-hydrogen) atoms. The summed E-state index contributed by atoms with van der Waals surface area (Å²) in [6.07, 6.45) is 0.955. The lowest BCUT2D eigenvalue weighted by Gasteiger charge is -2.34. The molecule has 1 aliphatic rings. The molecule has 1 saturated heterocycles. The van der Waals surface area contributed by atoms with E-state index in [-0.39, 0.29) is 5.82 Å². The molecule has 1 aliphatic heterocycles.